The van der Waals surface area contributed by atoms with Crippen LogP contribution >= 0.6 is 15.9 Å². The number of carbonyl (C=O) groups excluding carboxylic acids is 2. The molecule has 0 aromatic heterocycles. The Morgan fingerprint density at radius 3 is 2.41 bits per heavy atom. The molecule has 1 rings (SSSR count). The zero-order valence-electron chi connectivity index (χ0n) is 12.8. The molecule has 0 radical (unpaired) electrons. The normalized spacial score (nSPS) is 14.0. The Kier molecular flexibility index (Phi) is 5.75. The predicted octanol–water partition coefficient (Wildman–Crippen LogP) is 2.06. The molecule has 0 saturated carbocycles. The molecule has 0 aliphatic carbocycles. The van der Waals surface area contributed by atoms with Gasteiger partial charge in [-0.1, -0.05) is 15.9 Å². The Morgan fingerprint density at radius 1 is 1.36 bits per heavy atom. The summed E-state index contributed by atoms with van der Waals surface area (Å²) in [7, 11) is -4.02. The average molecular weight is 392 g/mol. The number of aryl methyl sites for hydroxylation is 1. The molecule has 0 saturated heterocycles. The third-order valence-electron chi connectivity index (χ3n) is 3.28. The van der Waals surface area contributed by atoms with Crippen LogP contribution in [0.1, 0.15) is 19.4 Å². The van der Waals surface area contributed by atoms with E-state index in [9.17, 15) is 18.0 Å². The predicted molar refractivity (Wildman–Crippen MR) is 87.4 cm³/mol. The minimum Gasteiger partial charge on any atom is -0.464 e. The van der Waals surface area contributed by atoms with Crippen LogP contribution in [0.4, 0.5) is 5.69 Å². The summed E-state index contributed by atoms with van der Waals surface area (Å²) in [6, 6.07) is 5.08. The van der Waals surface area contributed by atoms with Crippen molar-refractivity contribution in [1.82, 2.24) is 0 Å². The highest BCUT2D eigenvalue weighted by Crippen LogP contribution is 2.24. The average Bonchev–Trinajstić information content (AvgIpc) is 2.39. The lowest BCUT2D eigenvalue weighted by atomic mass is 10.1. The topological polar surface area (TPSA) is 89.5 Å². The van der Waals surface area contributed by atoms with Crippen LogP contribution in [-0.4, -0.2) is 37.9 Å². The molecule has 1 N–H and O–H groups in total. The molecule has 0 spiro atoms. The third kappa shape index (κ3) is 3.67. The number of nitrogens with one attached hydrogen (secondary N) is 1. The number of ether oxygens (including phenoxy) is 1. The lowest BCUT2D eigenvalue weighted by Gasteiger charge is -2.24. The van der Waals surface area contributed by atoms with Crippen molar-refractivity contribution in [3.05, 3.63) is 28.2 Å². The van der Waals surface area contributed by atoms with E-state index in [1.807, 2.05) is 0 Å². The maximum absolute atomic E-state index is 12.4. The maximum atomic E-state index is 12.4. The monoisotopic (exact) mass is 391 g/mol. The van der Waals surface area contributed by atoms with Crippen LogP contribution in [0.3, 0.4) is 0 Å². The van der Waals surface area contributed by atoms with Crippen molar-refractivity contribution >= 4 is 43.3 Å². The molecule has 1 aromatic carbocycles. The highest BCUT2D eigenvalue weighted by atomic mass is 79.9. The van der Waals surface area contributed by atoms with Crippen molar-refractivity contribution in [2.45, 2.75) is 25.5 Å². The van der Waals surface area contributed by atoms with E-state index < -0.39 is 26.5 Å². The van der Waals surface area contributed by atoms with Crippen LogP contribution < -0.4 is 5.32 Å². The van der Waals surface area contributed by atoms with Crippen LogP contribution in [0.2, 0.25) is 0 Å². The summed E-state index contributed by atoms with van der Waals surface area (Å²) in [4.78, 5) is 24.4. The van der Waals surface area contributed by atoms with E-state index in [-0.39, 0.29) is 6.61 Å². The van der Waals surface area contributed by atoms with Gasteiger partial charge in [-0.2, -0.15) is 0 Å². The molecule has 1 atom stereocenters. The molecule has 0 heterocycles. The number of anilines is 1. The molecule has 0 fully saturated rings. The summed E-state index contributed by atoms with van der Waals surface area (Å²) in [6.07, 6.45) is 0.831. The summed E-state index contributed by atoms with van der Waals surface area (Å²) >= 11 is 3.29. The molecule has 1 unspecified atom stereocenters. The first kappa shape index (κ1) is 18.6. The van der Waals surface area contributed by atoms with Crippen molar-refractivity contribution in [2.75, 3.05) is 18.2 Å². The van der Waals surface area contributed by atoms with Crippen molar-refractivity contribution in [3.8, 4) is 0 Å². The van der Waals surface area contributed by atoms with Crippen molar-refractivity contribution in [1.29, 1.82) is 0 Å². The number of carbonyl (C=O) groups is 2. The third-order valence-corrected chi connectivity index (χ3v) is 5.60. The van der Waals surface area contributed by atoms with Crippen LogP contribution in [0, 0.1) is 6.92 Å². The van der Waals surface area contributed by atoms with Crippen LogP contribution in [0.15, 0.2) is 22.7 Å². The number of esters is 1. The highest BCUT2D eigenvalue weighted by molar-refractivity contribution is 9.10. The second-order valence-corrected chi connectivity index (χ2v) is 8.22. The van der Waals surface area contributed by atoms with E-state index in [1.165, 1.54) is 6.92 Å². The van der Waals surface area contributed by atoms with Gasteiger partial charge in [0.2, 0.25) is 4.75 Å². The van der Waals surface area contributed by atoms with Crippen LogP contribution in [0.5, 0.6) is 0 Å². The molecular weight excluding hydrogens is 374 g/mol. The zero-order valence-corrected chi connectivity index (χ0v) is 15.2. The highest BCUT2D eigenvalue weighted by Gasteiger charge is 2.52. The lowest BCUT2D eigenvalue weighted by molar-refractivity contribution is -0.148. The summed E-state index contributed by atoms with van der Waals surface area (Å²) in [5.41, 5.74) is 1.15. The van der Waals surface area contributed by atoms with Crippen molar-refractivity contribution in [3.63, 3.8) is 0 Å². The van der Waals surface area contributed by atoms with E-state index in [1.54, 1.807) is 25.1 Å². The van der Waals surface area contributed by atoms with E-state index >= 15 is 0 Å². The summed E-state index contributed by atoms with van der Waals surface area (Å²) in [5.74, 6) is -2.04. The Morgan fingerprint density at radius 2 is 1.95 bits per heavy atom. The van der Waals surface area contributed by atoms with Gasteiger partial charge < -0.3 is 10.1 Å². The van der Waals surface area contributed by atoms with Crippen LogP contribution in [-0.2, 0) is 24.2 Å². The largest absolute Gasteiger partial charge is 0.464 e. The molecule has 0 aliphatic heterocycles. The fourth-order valence-electron chi connectivity index (χ4n) is 1.69. The minimum absolute atomic E-state index is 0.0193. The summed E-state index contributed by atoms with van der Waals surface area (Å²) < 4.78 is 27.2. The second-order valence-electron chi connectivity index (χ2n) is 4.94. The first-order chi connectivity index (χ1) is 10.0. The Hall–Kier alpha value is -1.41. The molecule has 22 heavy (non-hydrogen) atoms. The van der Waals surface area contributed by atoms with Gasteiger partial charge in [0, 0.05) is 16.4 Å². The molecular formula is C14H18BrNO5S. The van der Waals surface area contributed by atoms with E-state index in [2.05, 4.69) is 21.2 Å². The van der Waals surface area contributed by atoms with Gasteiger partial charge in [0.1, 0.15) is 0 Å². The number of hydrogen-bond donors (Lipinski definition) is 1. The van der Waals surface area contributed by atoms with Gasteiger partial charge in [0.15, 0.2) is 9.84 Å². The van der Waals surface area contributed by atoms with Gasteiger partial charge in [-0.3, -0.25) is 4.79 Å². The first-order valence-electron chi connectivity index (χ1n) is 6.48. The van der Waals surface area contributed by atoms with Gasteiger partial charge in [-0.15, -0.1) is 0 Å². The molecule has 8 heteroatoms. The second kappa shape index (κ2) is 6.78. The number of hydrogen-bond acceptors (Lipinski definition) is 5. The van der Waals surface area contributed by atoms with Gasteiger partial charge in [0.05, 0.1) is 6.61 Å². The maximum Gasteiger partial charge on any atom is 0.337 e. The molecule has 0 bridgehead atoms. The smallest absolute Gasteiger partial charge is 0.337 e. The molecule has 1 aromatic rings. The standard InChI is InChI=1S/C14H18BrNO5S/c1-5-21-13(18)14(3,22(4,19)20)12(17)16-11-7-6-10(15)8-9(11)2/h6-8H,5H2,1-4H3,(H,16,17). The SMILES string of the molecule is CCOC(=O)C(C)(C(=O)Nc1ccc(Br)cc1C)S(C)(=O)=O. The fourth-order valence-corrected chi connectivity index (χ4v) is 2.92. The molecule has 122 valence electrons. The Bertz CT molecular complexity index is 701. The Balaban J connectivity index is 3.22. The number of benzene rings is 1. The van der Waals surface area contributed by atoms with Gasteiger partial charge >= 0.3 is 5.97 Å². The van der Waals surface area contributed by atoms with Gasteiger partial charge in [-0.25, -0.2) is 13.2 Å². The van der Waals surface area contributed by atoms with Crippen molar-refractivity contribution in [2.24, 2.45) is 0 Å². The fraction of sp³-hybridized carbons (Fsp3) is 0.429. The zero-order chi connectivity index (χ0) is 17.1. The number of sulfone groups is 1. The molecule has 6 nitrogen and oxygen atoms in total. The summed E-state index contributed by atoms with van der Waals surface area (Å²) in [6.45, 7) is 4.32. The van der Waals surface area contributed by atoms with Crippen LogP contribution in [0.25, 0.3) is 0 Å². The minimum atomic E-state index is -4.02. The number of rotatable bonds is 5. The summed E-state index contributed by atoms with van der Waals surface area (Å²) in [5, 5.41) is 2.48. The van der Waals surface area contributed by atoms with E-state index in [4.69, 9.17) is 4.74 Å². The van der Waals surface area contributed by atoms with E-state index in [0.717, 1.165) is 23.2 Å². The lowest BCUT2D eigenvalue weighted by Crippen LogP contribution is -2.54. The van der Waals surface area contributed by atoms with Gasteiger partial charge in [-0.05, 0) is 44.5 Å². The van der Waals surface area contributed by atoms with E-state index in [0.29, 0.717) is 5.69 Å². The molecule has 1 amide bonds. The molecule has 0 aliphatic rings. The Labute approximate surface area is 138 Å². The van der Waals surface area contributed by atoms with Gasteiger partial charge in [0.25, 0.3) is 5.91 Å². The quantitative estimate of drug-likeness (QED) is 0.612. The first-order valence-corrected chi connectivity index (χ1v) is 9.17. The number of halogens is 1. The number of amides is 1. The van der Waals surface area contributed by atoms with Crippen molar-refractivity contribution < 1.29 is 22.7 Å².